The highest BCUT2D eigenvalue weighted by molar-refractivity contribution is 7.11. The number of carbonyl (C=O) groups is 1. The zero-order valence-corrected chi connectivity index (χ0v) is 10.2. The Morgan fingerprint density at radius 1 is 1.69 bits per heavy atom. The van der Waals surface area contributed by atoms with Crippen molar-refractivity contribution in [3.8, 4) is 0 Å². The van der Waals surface area contributed by atoms with Crippen LogP contribution in [0.5, 0.6) is 0 Å². The van der Waals surface area contributed by atoms with E-state index in [1.54, 1.807) is 10.4 Å². The predicted octanol–water partition coefficient (Wildman–Crippen LogP) is 1.44. The Balaban J connectivity index is 2.13. The summed E-state index contributed by atoms with van der Waals surface area (Å²) in [5, 5.41) is 9.01. The van der Waals surface area contributed by atoms with E-state index >= 15 is 0 Å². The Morgan fingerprint density at radius 2 is 2.44 bits per heavy atom. The summed E-state index contributed by atoms with van der Waals surface area (Å²) in [4.78, 5) is 18.8. The van der Waals surface area contributed by atoms with Gasteiger partial charge in [0.2, 0.25) is 0 Å². The van der Waals surface area contributed by atoms with Crippen LogP contribution in [0.25, 0.3) is 0 Å². The summed E-state index contributed by atoms with van der Waals surface area (Å²) < 4.78 is 0. The van der Waals surface area contributed by atoms with Crippen LogP contribution in [0.2, 0.25) is 0 Å². The Labute approximate surface area is 98.9 Å². The number of hydrogen-bond donors (Lipinski definition) is 1. The molecule has 1 fully saturated rings. The second kappa shape index (κ2) is 4.93. The first-order valence-corrected chi connectivity index (χ1v) is 6.44. The second-order valence-electron chi connectivity index (χ2n) is 4.07. The van der Waals surface area contributed by atoms with Crippen molar-refractivity contribution < 1.29 is 9.90 Å². The predicted molar refractivity (Wildman–Crippen MR) is 62.6 cm³/mol. The normalized spacial score (nSPS) is 15.9. The lowest BCUT2D eigenvalue weighted by Crippen LogP contribution is -2.45. The zero-order chi connectivity index (χ0) is 11.5. The number of hydrogen-bond acceptors (Lipinski definition) is 4. The van der Waals surface area contributed by atoms with Crippen molar-refractivity contribution in [3.63, 3.8) is 0 Å². The van der Waals surface area contributed by atoms with Crippen LogP contribution in [0.4, 0.5) is 0 Å². The molecule has 0 radical (unpaired) electrons. The minimum atomic E-state index is 0.0266. The lowest BCUT2D eigenvalue weighted by Gasteiger charge is -2.37. The van der Waals surface area contributed by atoms with Gasteiger partial charge in [0.1, 0.15) is 4.88 Å². The van der Waals surface area contributed by atoms with Gasteiger partial charge in [-0.2, -0.15) is 0 Å². The van der Waals surface area contributed by atoms with Crippen LogP contribution in [-0.4, -0.2) is 40.1 Å². The van der Waals surface area contributed by atoms with Gasteiger partial charge in [-0.25, -0.2) is 4.98 Å². The van der Waals surface area contributed by atoms with Crippen molar-refractivity contribution in [2.75, 3.05) is 13.2 Å². The largest absolute Gasteiger partial charge is 0.395 e. The number of aliphatic hydroxyl groups excluding tert-OH is 1. The minimum absolute atomic E-state index is 0.0266. The molecule has 0 saturated heterocycles. The van der Waals surface area contributed by atoms with Crippen molar-refractivity contribution in [2.24, 2.45) is 0 Å². The maximum Gasteiger partial charge on any atom is 0.266 e. The number of aryl methyl sites for hydroxylation is 1. The van der Waals surface area contributed by atoms with Gasteiger partial charge < -0.3 is 10.0 Å². The van der Waals surface area contributed by atoms with Gasteiger partial charge in [0.15, 0.2) is 0 Å². The van der Waals surface area contributed by atoms with Gasteiger partial charge in [0.05, 0.1) is 17.8 Å². The standard InChI is InChI=1S/C11H16N2O2S/c1-8-10(16-7-12-8)11(15)13(5-6-14)9-3-2-4-9/h7,9,14H,2-6H2,1H3. The van der Waals surface area contributed by atoms with E-state index in [2.05, 4.69) is 4.98 Å². The molecule has 1 aliphatic carbocycles. The number of aromatic nitrogens is 1. The quantitative estimate of drug-likeness (QED) is 0.866. The van der Waals surface area contributed by atoms with Crippen LogP contribution in [0.3, 0.4) is 0 Å². The SMILES string of the molecule is Cc1ncsc1C(=O)N(CCO)C1CCC1. The zero-order valence-electron chi connectivity index (χ0n) is 9.35. The summed E-state index contributed by atoms with van der Waals surface area (Å²) in [5.74, 6) is 0.0266. The molecule has 1 N–H and O–H groups in total. The molecular weight excluding hydrogens is 224 g/mol. The van der Waals surface area contributed by atoms with Crippen LogP contribution in [0, 0.1) is 6.92 Å². The Morgan fingerprint density at radius 3 is 2.88 bits per heavy atom. The molecule has 1 amide bonds. The van der Waals surface area contributed by atoms with Crippen LogP contribution in [0.1, 0.15) is 34.6 Å². The molecule has 1 saturated carbocycles. The van der Waals surface area contributed by atoms with Gasteiger partial charge in [-0.15, -0.1) is 11.3 Å². The maximum atomic E-state index is 12.2. The lowest BCUT2D eigenvalue weighted by atomic mass is 9.91. The molecule has 5 heteroatoms. The molecular formula is C11H16N2O2S. The van der Waals surface area contributed by atoms with E-state index in [9.17, 15) is 4.79 Å². The third-order valence-electron chi connectivity index (χ3n) is 3.06. The number of nitrogens with zero attached hydrogens (tertiary/aromatic N) is 2. The minimum Gasteiger partial charge on any atom is -0.395 e. The summed E-state index contributed by atoms with van der Waals surface area (Å²) in [5.41, 5.74) is 2.48. The van der Waals surface area contributed by atoms with E-state index in [0.29, 0.717) is 17.5 Å². The highest BCUT2D eigenvalue weighted by Gasteiger charge is 2.30. The molecule has 4 nitrogen and oxygen atoms in total. The van der Waals surface area contributed by atoms with Crippen molar-refractivity contribution in [2.45, 2.75) is 32.2 Å². The average Bonchev–Trinajstić information content (AvgIpc) is 2.60. The molecule has 88 valence electrons. The van der Waals surface area contributed by atoms with Gasteiger partial charge >= 0.3 is 0 Å². The summed E-state index contributed by atoms with van der Waals surface area (Å²) >= 11 is 1.38. The van der Waals surface area contributed by atoms with Crippen molar-refractivity contribution >= 4 is 17.2 Å². The number of rotatable bonds is 4. The molecule has 0 spiro atoms. The second-order valence-corrected chi connectivity index (χ2v) is 4.93. The van der Waals surface area contributed by atoms with Crippen LogP contribution in [-0.2, 0) is 0 Å². The molecule has 1 aromatic rings. The third-order valence-corrected chi connectivity index (χ3v) is 3.97. The molecule has 1 aromatic heterocycles. The monoisotopic (exact) mass is 240 g/mol. The molecule has 2 rings (SSSR count). The van der Waals surface area contributed by atoms with Crippen LogP contribution >= 0.6 is 11.3 Å². The fourth-order valence-corrected chi connectivity index (χ4v) is 2.65. The Kier molecular flexibility index (Phi) is 3.56. The average molecular weight is 240 g/mol. The molecule has 0 aromatic carbocycles. The summed E-state index contributed by atoms with van der Waals surface area (Å²) in [6.45, 7) is 2.31. The molecule has 0 bridgehead atoms. The van der Waals surface area contributed by atoms with E-state index in [1.165, 1.54) is 17.8 Å². The third kappa shape index (κ3) is 2.10. The van der Waals surface area contributed by atoms with E-state index < -0.39 is 0 Å². The number of aliphatic hydroxyl groups is 1. The first-order valence-electron chi connectivity index (χ1n) is 5.56. The van der Waals surface area contributed by atoms with Crippen LogP contribution < -0.4 is 0 Å². The van der Waals surface area contributed by atoms with Crippen molar-refractivity contribution in [1.82, 2.24) is 9.88 Å². The first-order chi connectivity index (χ1) is 7.74. The van der Waals surface area contributed by atoms with Crippen molar-refractivity contribution in [1.29, 1.82) is 0 Å². The van der Waals surface area contributed by atoms with Crippen molar-refractivity contribution in [3.05, 3.63) is 16.1 Å². The summed E-state index contributed by atoms with van der Waals surface area (Å²) in [6.07, 6.45) is 3.30. The summed E-state index contributed by atoms with van der Waals surface area (Å²) in [7, 11) is 0. The Bertz CT molecular complexity index is 374. The molecule has 1 heterocycles. The first kappa shape index (κ1) is 11.5. The summed E-state index contributed by atoms with van der Waals surface area (Å²) in [6, 6.07) is 0.321. The van der Waals surface area contributed by atoms with E-state index in [0.717, 1.165) is 18.5 Å². The fourth-order valence-electron chi connectivity index (χ4n) is 1.89. The van der Waals surface area contributed by atoms with Gasteiger partial charge in [-0.05, 0) is 26.2 Å². The molecule has 0 atom stereocenters. The lowest BCUT2D eigenvalue weighted by molar-refractivity contribution is 0.0529. The number of amides is 1. The van der Waals surface area contributed by atoms with Gasteiger partial charge in [0.25, 0.3) is 5.91 Å². The Hall–Kier alpha value is -0.940. The fraction of sp³-hybridized carbons (Fsp3) is 0.636. The van der Waals surface area contributed by atoms with Crippen LogP contribution in [0.15, 0.2) is 5.51 Å². The number of thiazole rings is 1. The molecule has 16 heavy (non-hydrogen) atoms. The smallest absolute Gasteiger partial charge is 0.266 e. The highest BCUT2D eigenvalue weighted by atomic mass is 32.1. The van der Waals surface area contributed by atoms with E-state index in [1.807, 2.05) is 6.92 Å². The van der Waals surface area contributed by atoms with E-state index in [-0.39, 0.29) is 12.5 Å². The number of carbonyl (C=O) groups excluding carboxylic acids is 1. The van der Waals surface area contributed by atoms with Gasteiger partial charge in [-0.1, -0.05) is 0 Å². The maximum absolute atomic E-state index is 12.2. The van der Waals surface area contributed by atoms with E-state index in [4.69, 9.17) is 5.11 Å². The van der Waals surface area contributed by atoms with Gasteiger partial charge in [-0.3, -0.25) is 4.79 Å². The highest BCUT2D eigenvalue weighted by Crippen LogP contribution is 2.27. The van der Waals surface area contributed by atoms with Gasteiger partial charge in [0, 0.05) is 12.6 Å². The molecule has 0 aliphatic heterocycles. The molecule has 1 aliphatic rings. The topological polar surface area (TPSA) is 53.4 Å². The molecule has 0 unspecified atom stereocenters.